The van der Waals surface area contributed by atoms with E-state index in [1.165, 1.54) is 29.4 Å². The maximum atomic E-state index is 14.5. The standard InChI is InChI=1S/C27H26ClFN4O2/c1-4-17-5-6-18-15-27(26(30)19(18)13-17)9-11-32(12-10-27)22-14-23(34)33(16(2)31-22)20-7-8-21(35-3)25(29)24(20)28/h1,5-8,13-14,26H,9-12,15,30H2,2-3H3/t26-/m1/s1. The maximum absolute atomic E-state index is 14.5. The second kappa shape index (κ2) is 8.71. The Kier molecular flexibility index (Phi) is 5.82. The normalized spacial score (nSPS) is 18.4. The van der Waals surface area contributed by atoms with Crippen LogP contribution in [0.2, 0.25) is 5.02 Å². The molecule has 2 aliphatic rings. The topological polar surface area (TPSA) is 73.4 Å². The predicted octanol–water partition coefficient (Wildman–Crippen LogP) is 4.17. The van der Waals surface area contributed by atoms with Crippen LogP contribution in [0.3, 0.4) is 0 Å². The number of ether oxygens (including phenoxy) is 1. The second-order valence-corrected chi connectivity index (χ2v) is 9.69. The van der Waals surface area contributed by atoms with Gasteiger partial charge in [0.1, 0.15) is 16.7 Å². The summed E-state index contributed by atoms with van der Waals surface area (Å²) >= 11 is 6.21. The van der Waals surface area contributed by atoms with Crippen LogP contribution in [0.4, 0.5) is 10.2 Å². The third kappa shape index (κ3) is 3.78. The van der Waals surface area contributed by atoms with E-state index in [0.717, 1.165) is 43.5 Å². The summed E-state index contributed by atoms with van der Waals surface area (Å²) in [5, 5.41) is -0.188. The van der Waals surface area contributed by atoms with Gasteiger partial charge in [-0.3, -0.25) is 9.36 Å². The van der Waals surface area contributed by atoms with E-state index in [1.54, 1.807) is 13.0 Å². The summed E-state index contributed by atoms with van der Waals surface area (Å²) in [7, 11) is 1.36. The minimum atomic E-state index is -0.716. The van der Waals surface area contributed by atoms with Crippen molar-refractivity contribution in [2.45, 2.75) is 32.2 Å². The summed E-state index contributed by atoms with van der Waals surface area (Å²) < 4.78 is 20.8. The Bertz CT molecular complexity index is 1420. The van der Waals surface area contributed by atoms with Gasteiger partial charge in [-0.15, -0.1) is 6.42 Å². The molecule has 1 fully saturated rings. The zero-order valence-electron chi connectivity index (χ0n) is 19.6. The fraction of sp³-hybridized carbons (Fsp3) is 0.333. The highest BCUT2D eigenvalue weighted by atomic mass is 35.5. The molecule has 5 rings (SSSR count). The number of nitrogens with zero attached hydrogens (tertiary/aromatic N) is 3. The number of halogens is 2. The van der Waals surface area contributed by atoms with Crippen LogP contribution < -0.4 is 20.9 Å². The molecular weight excluding hydrogens is 467 g/mol. The van der Waals surface area contributed by atoms with Crippen LogP contribution in [0.15, 0.2) is 41.2 Å². The number of hydrogen-bond donors (Lipinski definition) is 1. The van der Waals surface area contributed by atoms with Gasteiger partial charge in [0.15, 0.2) is 11.6 Å². The molecule has 1 atom stereocenters. The highest BCUT2D eigenvalue weighted by Crippen LogP contribution is 2.51. The van der Waals surface area contributed by atoms with Crippen LogP contribution >= 0.6 is 11.6 Å². The zero-order chi connectivity index (χ0) is 24.9. The minimum Gasteiger partial charge on any atom is -0.494 e. The number of piperidine rings is 1. The van der Waals surface area contributed by atoms with Crippen LogP contribution in [0, 0.1) is 30.5 Å². The number of rotatable bonds is 3. The fourth-order valence-corrected chi connectivity index (χ4v) is 5.75. The van der Waals surface area contributed by atoms with Crippen molar-refractivity contribution in [3.8, 4) is 23.8 Å². The van der Waals surface area contributed by atoms with Gasteiger partial charge < -0.3 is 15.4 Å². The first-order chi connectivity index (χ1) is 16.8. The van der Waals surface area contributed by atoms with E-state index >= 15 is 0 Å². The lowest BCUT2D eigenvalue weighted by Crippen LogP contribution is -2.45. The Morgan fingerprint density at radius 3 is 2.66 bits per heavy atom. The first-order valence-electron chi connectivity index (χ1n) is 11.5. The number of nitrogens with two attached hydrogens (primary N) is 1. The first kappa shape index (κ1) is 23.4. The van der Waals surface area contributed by atoms with Crippen LogP contribution in [0.25, 0.3) is 5.69 Å². The van der Waals surface area contributed by atoms with Crippen molar-refractivity contribution in [3.05, 3.63) is 80.1 Å². The highest BCUT2D eigenvalue weighted by molar-refractivity contribution is 6.32. The number of anilines is 1. The summed E-state index contributed by atoms with van der Waals surface area (Å²) in [5.41, 5.74) is 9.88. The van der Waals surface area contributed by atoms with Crippen LogP contribution in [0.1, 0.15) is 41.4 Å². The Morgan fingerprint density at radius 1 is 1.26 bits per heavy atom. The van der Waals surface area contributed by atoms with Gasteiger partial charge in [0, 0.05) is 30.8 Å². The van der Waals surface area contributed by atoms with Gasteiger partial charge >= 0.3 is 0 Å². The van der Waals surface area contributed by atoms with Crippen LogP contribution in [-0.2, 0) is 6.42 Å². The van der Waals surface area contributed by atoms with Gasteiger partial charge in [0.2, 0.25) is 0 Å². The summed E-state index contributed by atoms with van der Waals surface area (Å²) in [6, 6.07) is 10.5. The molecule has 0 saturated carbocycles. The lowest BCUT2D eigenvalue weighted by molar-refractivity contribution is 0.187. The van der Waals surface area contributed by atoms with Crippen molar-refractivity contribution >= 4 is 17.4 Å². The summed E-state index contributed by atoms with van der Waals surface area (Å²) in [6.45, 7) is 3.18. The van der Waals surface area contributed by atoms with E-state index in [9.17, 15) is 9.18 Å². The van der Waals surface area contributed by atoms with E-state index in [0.29, 0.717) is 11.6 Å². The van der Waals surface area contributed by atoms with Gasteiger partial charge in [-0.1, -0.05) is 23.6 Å². The largest absolute Gasteiger partial charge is 0.494 e. The molecule has 180 valence electrons. The average molecular weight is 493 g/mol. The number of methoxy groups -OCH3 is 1. The summed E-state index contributed by atoms with van der Waals surface area (Å²) in [5.74, 6) is 3.02. The number of aryl methyl sites for hydroxylation is 1. The summed E-state index contributed by atoms with van der Waals surface area (Å²) in [4.78, 5) is 19.9. The third-order valence-corrected chi connectivity index (χ3v) is 7.85. The number of fused-ring (bicyclic) bond motifs is 1. The highest BCUT2D eigenvalue weighted by Gasteiger charge is 2.46. The number of hydrogen-bond acceptors (Lipinski definition) is 5. The van der Waals surface area contributed by atoms with E-state index in [4.69, 9.17) is 28.5 Å². The molecule has 35 heavy (non-hydrogen) atoms. The van der Waals surface area contributed by atoms with Crippen molar-refractivity contribution in [1.82, 2.24) is 9.55 Å². The molecule has 3 aromatic rings. The first-order valence-corrected chi connectivity index (χ1v) is 11.9. The van der Waals surface area contributed by atoms with Gasteiger partial charge in [0.05, 0.1) is 12.8 Å². The Morgan fingerprint density at radius 2 is 2.00 bits per heavy atom. The molecule has 2 heterocycles. The van der Waals surface area contributed by atoms with Crippen LogP contribution in [-0.4, -0.2) is 29.8 Å². The Labute approximate surface area is 208 Å². The van der Waals surface area contributed by atoms with Crippen molar-refractivity contribution in [2.75, 3.05) is 25.1 Å². The molecule has 0 bridgehead atoms. The van der Waals surface area contributed by atoms with Gasteiger partial charge in [0.25, 0.3) is 5.56 Å². The van der Waals surface area contributed by atoms with Crippen molar-refractivity contribution in [1.29, 1.82) is 0 Å². The summed E-state index contributed by atoms with van der Waals surface area (Å²) in [6.07, 6.45) is 8.27. The molecule has 8 heteroatoms. The monoisotopic (exact) mass is 492 g/mol. The SMILES string of the molecule is C#Cc1ccc2c(c1)[C@@H](N)C1(CCN(c3cc(=O)n(-c4ccc(OC)c(F)c4Cl)c(C)n3)CC1)C2. The van der Waals surface area contributed by atoms with E-state index in [1.807, 2.05) is 12.1 Å². The van der Waals surface area contributed by atoms with Crippen molar-refractivity contribution in [3.63, 3.8) is 0 Å². The number of terminal acetylenes is 1. The minimum absolute atomic E-state index is 0.0130. The second-order valence-electron chi connectivity index (χ2n) is 9.31. The fourth-order valence-electron chi connectivity index (χ4n) is 5.51. The molecule has 1 aromatic heterocycles. The van der Waals surface area contributed by atoms with E-state index in [-0.39, 0.29) is 33.5 Å². The van der Waals surface area contributed by atoms with Crippen molar-refractivity contribution < 1.29 is 9.13 Å². The lowest BCUT2D eigenvalue weighted by atomic mass is 9.73. The van der Waals surface area contributed by atoms with Gasteiger partial charge in [-0.25, -0.2) is 9.37 Å². The van der Waals surface area contributed by atoms with Crippen molar-refractivity contribution in [2.24, 2.45) is 11.1 Å². The molecule has 6 nitrogen and oxygen atoms in total. The Hall–Kier alpha value is -3.34. The Balaban J connectivity index is 1.39. The third-order valence-electron chi connectivity index (χ3n) is 7.49. The predicted molar refractivity (Wildman–Crippen MR) is 135 cm³/mol. The molecule has 0 unspecified atom stereocenters. The van der Waals surface area contributed by atoms with E-state index < -0.39 is 5.82 Å². The zero-order valence-corrected chi connectivity index (χ0v) is 20.4. The molecule has 0 radical (unpaired) electrons. The molecule has 1 saturated heterocycles. The lowest BCUT2D eigenvalue weighted by Gasteiger charge is -2.42. The maximum Gasteiger partial charge on any atom is 0.260 e. The quantitative estimate of drug-likeness (QED) is 0.556. The van der Waals surface area contributed by atoms with Gasteiger partial charge in [-0.2, -0.15) is 0 Å². The molecule has 1 aliphatic heterocycles. The van der Waals surface area contributed by atoms with Gasteiger partial charge in [-0.05, 0) is 67.0 Å². The number of benzene rings is 2. The van der Waals surface area contributed by atoms with E-state index in [2.05, 4.69) is 21.9 Å². The van der Waals surface area contributed by atoms with Crippen LogP contribution in [0.5, 0.6) is 5.75 Å². The molecule has 2 N–H and O–H groups in total. The molecule has 0 amide bonds. The molecule has 1 aliphatic carbocycles. The molecular formula is C27H26ClFN4O2. The average Bonchev–Trinajstić information content (AvgIpc) is 3.12. The molecule has 2 aromatic carbocycles. The smallest absolute Gasteiger partial charge is 0.260 e. The number of aromatic nitrogens is 2. The molecule has 1 spiro atoms.